The lowest BCUT2D eigenvalue weighted by atomic mass is 9.91. The van der Waals surface area contributed by atoms with E-state index in [2.05, 4.69) is 47.1 Å². The average Bonchev–Trinajstić information content (AvgIpc) is 2.91. The maximum atomic E-state index is 6.39. The van der Waals surface area contributed by atoms with Crippen molar-refractivity contribution in [3.63, 3.8) is 0 Å². The molecule has 0 aliphatic rings. The van der Waals surface area contributed by atoms with E-state index >= 15 is 0 Å². The molecule has 108 valence electrons. The van der Waals surface area contributed by atoms with E-state index < -0.39 is 0 Å². The average molecular weight is 316 g/mol. The summed E-state index contributed by atoms with van der Waals surface area (Å²) >= 11 is 8.21. The van der Waals surface area contributed by atoms with Crippen LogP contribution in [0.5, 0.6) is 0 Å². The minimum Gasteiger partial charge on any atom is -0.319 e. The number of rotatable bonds is 5. The lowest BCUT2D eigenvalue weighted by Gasteiger charge is -2.18. The fourth-order valence-electron chi connectivity index (χ4n) is 2.80. The summed E-state index contributed by atoms with van der Waals surface area (Å²) in [4.78, 5) is 0. The second-order valence-electron chi connectivity index (χ2n) is 5.24. The molecule has 0 spiro atoms. The molecule has 21 heavy (non-hydrogen) atoms. The van der Waals surface area contributed by atoms with Crippen LogP contribution in [0.3, 0.4) is 0 Å². The summed E-state index contributed by atoms with van der Waals surface area (Å²) in [6.45, 7) is 0.925. The summed E-state index contributed by atoms with van der Waals surface area (Å²) in [6.07, 6.45) is 1.01. The molecule has 1 nitrogen and oxygen atoms in total. The molecule has 0 aliphatic carbocycles. The molecule has 1 aromatic heterocycles. The third-order valence-electron chi connectivity index (χ3n) is 3.82. The predicted octanol–water partition coefficient (Wildman–Crippen LogP) is 5.10. The van der Waals surface area contributed by atoms with Gasteiger partial charge in [0.1, 0.15) is 0 Å². The smallest absolute Gasteiger partial charge is 0.0441 e. The van der Waals surface area contributed by atoms with Crippen LogP contribution in [-0.2, 0) is 6.42 Å². The zero-order valence-corrected chi connectivity index (χ0v) is 13.5. The van der Waals surface area contributed by atoms with Crippen LogP contribution in [0.4, 0.5) is 0 Å². The lowest BCUT2D eigenvalue weighted by molar-refractivity contribution is 0.628. The van der Waals surface area contributed by atoms with Crippen LogP contribution in [0.25, 0.3) is 10.1 Å². The van der Waals surface area contributed by atoms with Crippen molar-refractivity contribution >= 4 is 33.0 Å². The van der Waals surface area contributed by atoms with Gasteiger partial charge in [-0.15, -0.1) is 11.3 Å². The van der Waals surface area contributed by atoms with Crippen LogP contribution < -0.4 is 5.32 Å². The molecular weight excluding hydrogens is 298 g/mol. The van der Waals surface area contributed by atoms with Gasteiger partial charge in [0.2, 0.25) is 0 Å². The van der Waals surface area contributed by atoms with Crippen molar-refractivity contribution in [1.82, 2.24) is 5.32 Å². The van der Waals surface area contributed by atoms with Gasteiger partial charge in [0.25, 0.3) is 0 Å². The van der Waals surface area contributed by atoms with E-state index in [1.165, 1.54) is 21.2 Å². The number of hydrogen-bond donors (Lipinski definition) is 1. The SMILES string of the molecule is CNCC(Cc1csc2ccccc12)c1ccccc1Cl. The van der Waals surface area contributed by atoms with Crippen LogP contribution in [0, 0.1) is 0 Å². The molecule has 1 atom stereocenters. The molecule has 0 saturated carbocycles. The Morgan fingerprint density at radius 2 is 1.86 bits per heavy atom. The first-order valence-electron chi connectivity index (χ1n) is 7.13. The van der Waals surface area contributed by atoms with Crippen molar-refractivity contribution in [3.8, 4) is 0 Å². The molecule has 0 bridgehead atoms. The van der Waals surface area contributed by atoms with Gasteiger partial charge in [0.15, 0.2) is 0 Å². The van der Waals surface area contributed by atoms with Gasteiger partial charge in [-0.2, -0.15) is 0 Å². The molecule has 2 aromatic carbocycles. The van der Waals surface area contributed by atoms with E-state index in [1.54, 1.807) is 0 Å². The van der Waals surface area contributed by atoms with Crippen molar-refractivity contribution in [2.24, 2.45) is 0 Å². The molecule has 1 N–H and O–H groups in total. The van der Waals surface area contributed by atoms with Crippen molar-refractivity contribution in [2.75, 3.05) is 13.6 Å². The van der Waals surface area contributed by atoms with Crippen molar-refractivity contribution in [1.29, 1.82) is 0 Å². The predicted molar refractivity (Wildman–Crippen MR) is 93.6 cm³/mol. The number of fused-ring (bicyclic) bond motifs is 1. The van der Waals surface area contributed by atoms with Crippen molar-refractivity contribution in [3.05, 3.63) is 70.1 Å². The monoisotopic (exact) mass is 315 g/mol. The molecule has 0 radical (unpaired) electrons. The maximum absolute atomic E-state index is 6.39. The molecule has 0 fully saturated rings. The van der Waals surface area contributed by atoms with Gasteiger partial charge in [-0.3, -0.25) is 0 Å². The van der Waals surface area contributed by atoms with Crippen LogP contribution in [0.2, 0.25) is 5.02 Å². The van der Waals surface area contributed by atoms with Crippen LogP contribution in [0.1, 0.15) is 17.0 Å². The molecule has 0 aliphatic heterocycles. The Morgan fingerprint density at radius 1 is 1.10 bits per heavy atom. The largest absolute Gasteiger partial charge is 0.319 e. The normalized spacial score (nSPS) is 12.7. The number of thiophene rings is 1. The van der Waals surface area contributed by atoms with Crippen LogP contribution in [-0.4, -0.2) is 13.6 Å². The molecule has 3 heteroatoms. The first-order chi connectivity index (χ1) is 10.3. The number of halogens is 1. The highest BCUT2D eigenvalue weighted by Gasteiger charge is 2.16. The maximum Gasteiger partial charge on any atom is 0.0441 e. The highest BCUT2D eigenvalue weighted by Crippen LogP contribution is 2.32. The minimum absolute atomic E-state index is 0.390. The molecule has 3 aromatic rings. The van der Waals surface area contributed by atoms with E-state index in [-0.39, 0.29) is 0 Å². The summed E-state index contributed by atoms with van der Waals surface area (Å²) in [7, 11) is 2.00. The Hall–Kier alpha value is -1.35. The van der Waals surface area contributed by atoms with Gasteiger partial charge in [0, 0.05) is 22.2 Å². The topological polar surface area (TPSA) is 12.0 Å². The van der Waals surface area contributed by atoms with Crippen LogP contribution >= 0.6 is 22.9 Å². The Labute approximate surface area is 134 Å². The number of benzene rings is 2. The zero-order valence-electron chi connectivity index (χ0n) is 12.0. The van der Waals surface area contributed by atoms with Crippen molar-refractivity contribution < 1.29 is 0 Å². The first kappa shape index (κ1) is 14.6. The Balaban J connectivity index is 1.94. The molecule has 1 heterocycles. The van der Waals surface area contributed by atoms with Gasteiger partial charge >= 0.3 is 0 Å². The third kappa shape index (κ3) is 3.13. The highest BCUT2D eigenvalue weighted by atomic mass is 35.5. The first-order valence-corrected chi connectivity index (χ1v) is 8.39. The second-order valence-corrected chi connectivity index (χ2v) is 6.56. The van der Waals surface area contributed by atoms with Crippen molar-refractivity contribution in [2.45, 2.75) is 12.3 Å². The number of nitrogens with one attached hydrogen (secondary N) is 1. The quantitative estimate of drug-likeness (QED) is 0.690. The zero-order chi connectivity index (χ0) is 14.7. The van der Waals surface area contributed by atoms with Gasteiger partial charge in [0.05, 0.1) is 0 Å². The van der Waals surface area contributed by atoms with Crippen LogP contribution in [0.15, 0.2) is 53.9 Å². The second kappa shape index (κ2) is 6.61. The van der Waals surface area contributed by atoms with E-state index in [1.807, 2.05) is 30.5 Å². The van der Waals surface area contributed by atoms with Gasteiger partial charge in [-0.25, -0.2) is 0 Å². The van der Waals surface area contributed by atoms with E-state index in [0.29, 0.717) is 5.92 Å². The molecule has 1 unspecified atom stereocenters. The molecule has 0 saturated heterocycles. The fourth-order valence-corrected chi connectivity index (χ4v) is 4.07. The fraction of sp³-hybridized carbons (Fsp3) is 0.222. The lowest BCUT2D eigenvalue weighted by Crippen LogP contribution is -2.19. The Kier molecular flexibility index (Phi) is 4.59. The van der Waals surface area contributed by atoms with E-state index in [4.69, 9.17) is 11.6 Å². The molecule has 0 amide bonds. The van der Waals surface area contributed by atoms with Gasteiger partial charge in [-0.1, -0.05) is 48.0 Å². The van der Waals surface area contributed by atoms with Gasteiger partial charge < -0.3 is 5.32 Å². The summed E-state index contributed by atoms with van der Waals surface area (Å²) in [6, 6.07) is 16.8. The molecule has 3 rings (SSSR count). The van der Waals surface area contributed by atoms with Gasteiger partial charge in [-0.05, 0) is 47.5 Å². The summed E-state index contributed by atoms with van der Waals surface area (Å²) in [5.41, 5.74) is 2.64. The molecular formula is C18H18ClNS. The minimum atomic E-state index is 0.390. The number of hydrogen-bond acceptors (Lipinski definition) is 2. The Bertz CT molecular complexity index is 735. The third-order valence-corrected chi connectivity index (χ3v) is 5.18. The standard InChI is InChI=1S/C18H18ClNS/c1-20-11-13(15-6-2-4-8-17(15)19)10-14-12-21-18-9-5-3-7-16(14)18/h2-9,12-13,20H,10-11H2,1H3. The summed E-state index contributed by atoms with van der Waals surface area (Å²) in [5, 5.41) is 7.81. The van der Waals surface area contributed by atoms with E-state index in [9.17, 15) is 0 Å². The number of likely N-dealkylation sites (N-methyl/N-ethyl adjacent to an activating group) is 1. The summed E-state index contributed by atoms with van der Waals surface area (Å²) in [5.74, 6) is 0.390. The van der Waals surface area contributed by atoms with E-state index in [0.717, 1.165) is 18.0 Å². The summed E-state index contributed by atoms with van der Waals surface area (Å²) < 4.78 is 1.36. The highest BCUT2D eigenvalue weighted by molar-refractivity contribution is 7.17. The Morgan fingerprint density at radius 3 is 2.67 bits per heavy atom.